The lowest BCUT2D eigenvalue weighted by atomic mass is 10.1. The minimum absolute atomic E-state index is 0.0128. The van der Waals surface area contributed by atoms with E-state index in [1.54, 1.807) is 20.0 Å². The van der Waals surface area contributed by atoms with Crippen LogP contribution in [-0.4, -0.2) is 34.0 Å². The molecule has 0 atom stereocenters. The van der Waals surface area contributed by atoms with Crippen molar-refractivity contribution in [2.24, 2.45) is 0 Å². The molecular formula is C16H18BrN3O4S. The van der Waals surface area contributed by atoms with Crippen LogP contribution < -0.4 is 5.32 Å². The number of carbonyl (C=O) groups is 3. The van der Waals surface area contributed by atoms with Crippen LogP contribution in [0.3, 0.4) is 0 Å². The van der Waals surface area contributed by atoms with Crippen LogP contribution in [0.1, 0.15) is 45.1 Å². The Morgan fingerprint density at radius 3 is 2.56 bits per heavy atom. The lowest BCUT2D eigenvalue weighted by Gasteiger charge is -2.07. The molecule has 9 heteroatoms. The van der Waals surface area contributed by atoms with Crippen LogP contribution in [-0.2, 0) is 16.1 Å². The molecule has 0 saturated heterocycles. The number of nitrogens with zero attached hydrogens (tertiary/aromatic N) is 2. The number of hydrogen-bond donors (Lipinski definition) is 1. The number of esters is 1. The smallest absolute Gasteiger partial charge is 0.341 e. The zero-order chi connectivity index (χ0) is 18.7. The summed E-state index contributed by atoms with van der Waals surface area (Å²) in [6, 6.07) is 0. The molecule has 134 valence electrons. The third kappa shape index (κ3) is 4.35. The molecule has 25 heavy (non-hydrogen) atoms. The fourth-order valence-corrected chi connectivity index (χ4v) is 3.70. The van der Waals surface area contributed by atoms with Gasteiger partial charge in [0.2, 0.25) is 5.91 Å². The number of ether oxygens (including phenoxy) is 1. The van der Waals surface area contributed by atoms with E-state index in [9.17, 15) is 14.4 Å². The van der Waals surface area contributed by atoms with E-state index in [0.29, 0.717) is 15.4 Å². The zero-order valence-electron chi connectivity index (χ0n) is 14.3. The highest BCUT2D eigenvalue weighted by Gasteiger charge is 2.25. The van der Waals surface area contributed by atoms with E-state index in [1.165, 1.54) is 11.6 Å². The maximum atomic E-state index is 12.3. The molecule has 0 radical (unpaired) electrons. The first-order valence-electron chi connectivity index (χ1n) is 7.55. The SMILES string of the molecule is CCOC(=O)c1c(NC(=O)Cn2cc(Br)c(C)n2)sc(C(C)=O)c1C. The van der Waals surface area contributed by atoms with Crippen molar-refractivity contribution in [3.8, 4) is 0 Å². The number of rotatable bonds is 6. The molecule has 0 spiro atoms. The zero-order valence-corrected chi connectivity index (χ0v) is 16.7. The van der Waals surface area contributed by atoms with Gasteiger partial charge in [-0.15, -0.1) is 11.3 Å². The summed E-state index contributed by atoms with van der Waals surface area (Å²) in [5, 5.41) is 7.20. The van der Waals surface area contributed by atoms with Gasteiger partial charge in [0.05, 0.1) is 27.2 Å². The Kier molecular flexibility index (Phi) is 6.12. The van der Waals surface area contributed by atoms with Gasteiger partial charge in [-0.3, -0.25) is 14.3 Å². The predicted molar refractivity (Wildman–Crippen MR) is 98.3 cm³/mol. The first-order valence-corrected chi connectivity index (χ1v) is 9.16. The second-order valence-corrected chi connectivity index (χ2v) is 7.22. The second-order valence-electron chi connectivity index (χ2n) is 5.35. The van der Waals surface area contributed by atoms with Crippen LogP contribution in [0.4, 0.5) is 5.00 Å². The lowest BCUT2D eigenvalue weighted by Crippen LogP contribution is -2.20. The molecule has 0 unspecified atom stereocenters. The van der Waals surface area contributed by atoms with Gasteiger partial charge in [-0.25, -0.2) is 4.79 Å². The molecule has 7 nitrogen and oxygen atoms in total. The minimum atomic E-state index is -0.559. The fraction of sp³-hybridized carbons (Fsp3) is 0.375. The van der Waals surface area contributed by atoms with Crippen molar-refractivity contribution < 1.29 is 19.1 Å². The molecular weight excluding hydrogens is 410 g/mol. The monoisotopic (exact) mass is 427 g/mol. The average Bonchev–Trinajstić information content (AvgIpc) is 2.99. The number of Topliss-reactive ketones (excluding diaryl/α,β-unsaturated/α-hetero) is 1. The van der Waals surface area contributed by atoms with Gasteiger partial charge >= 0.3 is 5.97 Å². The van der Waals surface area contributed by atoms with E-state index in [2.05, 4.69) is 26.3 Å². The number of halogens is 1. The van der Waals surface area contributed by atoms with Gasteiger partial charge in [-0.2, -0.15) is 5.10 Å². The number of aromatic nitrogens is 2. The van der Waals surface area contributed by atoms with Crippen molar-refractivity contribution >= 4 is 49.9 Å². The quantitative estimate of drug-likeness (QED) is 0.563. The Labute approximate surface area is 157 Å². The van der Waals surface area contributed by atoms with Gasteiger partial charge < -0.3 is 10.1 Å². The highest BCUT2D eigenvalue weighted by Crippen LogP contribution is 2.34. The van der Waals surface area contributed by atoms with Crippen LogP contribution >= 0.6 is 27.3 Å². The van der Waals surface area contributed by atoms with Gasteiger partial charge in [-0.1, -0.05) is 0 Å². The van der Waals surface area contributed by atoms with Crippen molar-refractivity contribution in [3.05, 3.63) is 32.4 Å². The van der Waals surface area contributed by atoms with Gasteiger partial charge in [0, 0.05) is 6.20 Å². The lowest BCUT2D eigenvalue weighted by molar-refractivity contribution is -0.116. The van der Waals surface area contributed by atoms with E-state index in [4.69, 9.17) is 4.74 Å². The van der Waals surface area contributed by atoms with Gasteiger partial charge in [-0.05, 0) is 49.2 Å². The Morgan fingerprint density at radius 1 is 1.36 bits per heavy atom. The Balaban J connectivity index is 2.27. The largest absolute Gasteiger partial charge is 0.462 e. The maximum Gasteiger partial charge on any atom is 0.341 e. The maximum absolute atomic E-state index is 12.3. The summed E-state index contributed by atoms with van der Waals surface area (Å²) in [7, 11) is 0. The normalized spacial score (nSPS) is 10.6. The number of thiophene rings is 1. The first-order chi connectivity index (χ1) is 11.7. The summed E-state index contributed by atoms with van der Waals surface area (Å²) in [4.78, 5) is 36.7. The van der Waals surface area contributed by atoms with Crippen molar-refractivity contribution in [2.75, 3.05) is 11.9 Å². The molecule has 2 heterocycles. The Hall–Kier alpha value is -2.00. The number of anilines is 1. The molecule has 2 rings (SSSR count). The molecule has 0 aromatic carbocycles. The molecule has 0 saturated carbocycles. The topological polar surface area (TPSA) is 90.3 Å². The summed E-state index contributed by atoms with van der Waals surface area (Å²) in [5.41, 5.74) is 1.51. The highest BCUT2D eigenvalue weighted by atomic mass is 79.9. The average molecular weight is 428 g/mol. The van der Waals surface area contributed by atoms with Crippen LogP contribution in [0.2, 0.25) is 0 Å². The van der Waals surface area contributed by atoms with Crippen LogP contribution in [0.5, 0.6) is 0 Å². The molecule has 0 fully saturated rings. The number of hydrogen-bond acceptors (Lipinski definition) is 6. The summed E-state index contributed by atoms with van der Waals surface area (Å²) in [6.45, 7) is 6.80. The number of nitrogens with one attached hydrogen (secondary N) is 1. The molecule has 0 aliphatic heterocycles. The van der Waals surface area contributed by atoms with Gasteiger partial charge in [0.15, 0.2) is 5.78 Å². The standard InChI is InChI=1S/C16H18BrN3O4S/c1-5-24-16(23)13-8(2)14(10(4)21)25-15(13)18-12(22)7-20-6-11(17)9(3)19-20/h6H,5,7H2,1-4H3,(H,18,22). The van der Waals surface area contributed by atoms with Crippen LogP contribution in [0, 0.1) is 13.8 Å². The molecule has 0 bridgehead atoms. The van der Waals surface area contributed by atoms with Gasteiger partial charge in [0.1, 0.15) is 11.5 Å². The summed E-state index contributed by atoms with van der Waals surface area (Å²) in [5.74, 6) is -1.08. The van der Waals surface area contributed by atoms with E-state index >= 15 is 0 Å². The van der Waals surface area contributed by atoms with E-state index < -0.39 is 5.97 Å². The molecule has 2 aromatic rings. The van der Waals surface area contributed by atoms with Crippen molar-refractivity contribution in [1.82, 2.24) is 9.78 Å². The second kappa shape index (κ2) is 7.92. The fourth-order valence-electron chi connectivity index (χ4n) is 2.27. The minimum Gasteiger partial charge on any atom is -0.462 e. The Bertz CT molecular complexity index is 821. The summed E-state index contributed by atoms with van der Waals surface area (Å²) >= 11 is 4.41. The molecule has 0 aliphatic rings. The van der Waals surface area contributed by atoms with E-state index in [0.717, 1.165) is 21.5 Å². The van der Waals surface area contributed by atoms with Crippen molar-refractivity contribution in [3.63, 3.8) is 0 Å². The predicted octanol–water partition coefficient (Wildman–Crippen LogP) is 3.34. The van der Waals surface area contributed by atoms with Crippen LogP contribution in [0.15, 0.2) is 10.7 Å². The van der Waals surface area contributed by atoms with E-state index in [-0.39, 0.29) is 30.4 Å². The summed E-state index contributed by atoms with van der Waals surface area (Å²) < 4.78 is 7.34. The number of amides is 1. The molecule has 2 aromatic heterocycles. The van der Waals surface area contributed by atoms with Gasteiger partial charge in [0.25, 0.3) is 0 Å². The third-order valence-corrected chi connectivity index (χ3v) is 5.48. The summed E-state index contributed by atoms with van der Waals surface area (Å²) in [6.07, 6.45) is 1.70. The number of aryl methyl sites for hydroxylation is 1. The van der Waals surface area contributed by atoms with Crippen molar-refractivity contribution in [1.29, 1.82) is 0 Å². The first kappa shape index (κ1) is 19.3. The molecule has 1 N–H and O–H groups in total. The van der Waals surface area contributed by atoms with Crippen molar-refractivity contribution in [2.45, 2.75) is 34.2 Å². The number of ketones is 1. The Morgan fingerprint density at radius 2 is 2.04 bits per heavy atom. The molecule has 1 amide bonds. The highest BCUT2D eigenvalue weighted by molar-refractivity contribution is 9.10. The van der Waals surface area contributed by atoms with Crippen LogP contribution in [0.25, 0.3) is 0 Å². The van der Waals surface area contributed by atoms with E-state index in [1.807, 2.05) is 6.92 Å². The molecule has 0 aliphatic carbocycles. The number of carbonyl (C=O) groups excluding carboxylic acids is 3. The third-order valence-electron chi connectivity index (χ3n) is 3.39.